The summed E-state index contributed by atoms with van der Waals surface area (Å²) in [4.78, 5) is 12.4. The third-order valence-electron chi connectivity index (χ3n) is 5.77. The Kier molecular flexibility index (Phi) is 3.54. The Labute approximate surface area is 141 Å². The normalized spacial score (nSPS) is 37.9. The van der Waals surface area contributed by atoms with Gasteiger partial charge in [-0.05, 0) is 62.0 Å². The molecule has 0 spiro atoms. The molecule has 0 saturated heterocycles. The highest BCUT2D eigenvalue weighted by atomic mass is 79.9. The van der Waals surface area contributed by atoms with Gasteiger partial charge in [-0.1, -0.05) is 15.9 Å². The molecule has 1 aromatic carbocycles. The van der Waals surface area contributed by atoms with E-state index in [0.717, 1.165) is 31.4 Å². The average molecular weight is 386 g/mol. The first-order valence-corrected chi connectivity index (χ1v) is 8.82. The van der Waals surface area contributed by atoms with Crippen LogP contribution in [0.4, 0.5) is 8.78 Å². The van der Waals surface area contributed by atoms with Crippen molar-refractivity contribution in [3.63, 3.8) is 0 Å². The summed E-state index contributed by atoms with van der Waals surface area (Å²) in [7, 11) is 0. The van der Waals surface area contributed by atoms with Gasteiger partial charge in [0.2, 0.25) is 0 Å². The first-order valence-electron chi connectivity index (χ1n) is 8.02. The minimum Gasteiger partial charge on any atom is -0.390 e. The van der Waals surface area contributed by atoms with E-state index in [1.54, 1.807) is 0 Å². The van der Waals surface area contributed by atoms with Gasteiger partial charge in [-0.3, -0.25) is 4.79 Å². The van der Waals surface area contributed by atoms with Crippen LogP contribution in [0.2, 0.25) is 0 Å². The van der Waals surface area contributed by atoms with Crippen molar-refractivity contribution in [3.8, 4) is 0 Å². The van der Waals surface area contributed by atoms with Gasteiger partial charge in [0, 0.05) is 10.5 Å². The zero-order chi connectivity index (χ0) is 16.4. The molecule has 2 atom stereocenters. The fraction of sp³-hybridized carbons (Fsp3) is 0.588. The van der Waals surface area contributed by atoms with Crippen molar-refractivity contribution in [3.05, 3.63) is 33.8 Å². The van der Waals surface area contributed by atoms with Crippen LogP contribution in [-0.2, 0) is 0 Å². The summed E-state index contributed by atoms with van der Waals surface area (Å²) in [6, 6.07) is 2.09. The van der Waals surface area contributed by atoms with Gasteiger partial charge in [0.05, 0.1) is 5.60 Å². The highest BCUT2D eigenvalue weighted by molar-refractivity contribution is 9.10. The lowest BCUT2D eigenvalue weighted by Crippen LogP contribution is -2.61. The Morgan fingerprint density at radius 1 is 1.17 bits per heavy atom. The maximum atomic E-state index is 14.0. The Morgan fingerprint density at radius 2 is 1.74 bits per heavy atom. The van der Waals surface area contributed by atoms with Crippen molar-refractivity contribution < 1.29 is 18.7 Å². The summed E-state index contributed by atoms with van der Waals surface area (Å²) in [5.74, 6) is -1.49. The van der Waals surface area contributed by atoms with E-state index in [9.17, 15) is 18.7 Å². The molecule has 4 bridgehead atoms. The first-order chi connectivity index (χ1) is 10.8. The zero-order valence-corrected chi connectivity index (χ0v) is 14.1. The van der Waals surface area contributed by atoms with Crippen LogP contribution in [0, 0.1) is 29.4 Å². The number of amides is 1. The predicted octanol–water partition coefficient (Wildman–Crippen LogP) is 3.40. The standard InChI is InChI=1S/C17H18BrF2NO2/c18-11-3-12(19)14(13(20)4-11)16(22)21-15-9-1-8-2-10(15)7-17(23,5-8)6-9/h3-4,8-10,15,23H,1-2,5-7H2,(H,21,22)/t8?,9?,10?,15-,17-. The molecule has 1 amide bonds. The molecule has 23 heavy (non-hydrogen) atoms. The Bertz CT molecular complexity index is 642. The van der Waals surface area contributed by atoms with Crippen LogP contribution >= 0.6 is 15.9 Å². The zero-order valence-electron chi connectivity index (χ0n) is 12.5. The van der Waals surface area contributed by atoms with Crippen LogP contribution in [0.15, 0.2) is 16.6 Å². The third-order valence-corrected chi connectivity index (χ3v) is 6.23. The van der Waals surface area contributed by atoms with Gasteiger partial charge >= 0.3 is 0 Å². The molecule has 4 aliphatic rings. The van der Waals surface area contributed by atoms with Gasteiger partial charge in [-0.15, -0.1) is 0 Å². The van der Waals surface area contributed by atoms with Crippen molar-refractivity contribution in [1.29, 1.82) is 0 Å². The van der Waals surface area contributed by atoms with Crippen molar-refractivity contribution in [2.45, 2.75) is 43.7 Å². The molecule has 0 aliphatic heterocycles. The summed E-state index contributed by atoms with van der Waals surface area (Å²) in [6.07, 6.45) is 4.17. The van der Waals surface area contributed by atoms with Crippen LogP contribution in [-0.4, -0.2) is 22.7 Å². The van der Waals surface area contributed by atoms with Crippen LogP contribution in [0.25, 0.3) is 0 Å². The monoisotopic (exact) mass is 385 g/mol. The molecular formula is C17H18BrF2NO2. The summed E-state index contributed by atoms with van der Waals surface area (Å²) >= 11 is 3.01. The number of halogens is 3. The molecule has 6 heteroatoms. The molecule has 0 radical (unpaired) electrons. The Morgan fingerprint density at radius 3 is 2.26 bits per heavy atom. The van der Waals surface area contributed by atoms with E-state index >= 15 is 0 Å². The van der Waals surface area contributed by atoms with E-state index in [-0.39, 0.29) is 22.4 Å². The lowest BCUT2D eigenvalue weighted by Gasteiger charge is -2.58. The van der Waals surface area contributed by atoms with E-state index in [1.807, 2.05) is 0 Å². The van der Waals surface area contributed by atoms with E-state index in [1.165, 1.54) is 0 Å². The lowest BCUT2D eigenvalue weighted by molar-refractivity contribution is -0.137. The Hall–Kier alpha value is -1.01. The molecule has 124 valence electrons. The van der Waals surface area contributed by atoms with Gasteiger partial charge in [0.25, 0.3) is 5.91 Å². The van der Waals surface area contributed by atoms with Crippen molar-refractivity contribution in [1.82, 2.24) is 5.32 Å². The second-order valence-electron chi connectivity index (χ2n) is 7.44. The van der Waals surface area contributed by atoms with Gasteiger partial charge in [-0.25, -0.2) is 8.78 Å². The number of hydrogen-bond donors (Lipinski definition) is 2. The Balaban J connectivity index is 1.56. The molecule has 3 nitrogen and oxygen atoms in total. The van der Waals surface area contributed by atoms with Crippen molar-refractivity contribution in [2.24, 2.45) is 17.8 Å². The molecular weight excluding hydrogens is 368 g/mol. The fourth-order valence-electron chi connectivity index (χ4n) is 5.20. The third kappa shape index (κ3) is 2.60. The number of carbonyl (C=O) groups excluding carboxylic acids is 1. The van der Waals surface area contributed by atoms with Gasteiger partial charge in [0.15, 0.2) is 0 Å². The maximum absolute atomic E-state index is 14.0. The van der Waals surface area contributed by atoms with E-state index in [0.29, 0.717) is 18.8 Å². The number of rotatable bonds is 2. The minimum atomic E-state index is -0.864. The molecule has 5 rings (SSSR count). The number of carbonyl (C=O) groups is 1. The molecule has 4 saturated carbocycles. The molecule has 0 aromatic heterocycles. The van der Waals surface area contributed by atoms with Crippen LogP contribution < -0.4 is 5.32 Å². The topological polar surface area (TPSA) is 49.3 Å². The second kappa shape index (κ2) is 5.24. The molecule has 2 unspecified atom stereocenters. The molecule has 4 fully saturated rings. The molecule has 1 aromatic rings. The predicted molar refractivity (Wildman–Crippen MR) is 83.8 cm³/mol. The van der Waals surface area contributed by atoms with Gasteiger partial charge in [0.1, 0.15) is 17.2 Å². The largest absolute Gasteiger partial charge is 0.390 e. The quantitative estimate of drug-likeness (QED) is 0.819. The number of nitrogens with one attached hydrogen (secondary N) is 1. The van der Waals surface area contributed by atoms with E-state index < -0.39 is 28.7 Å². The van der Waals surface area contributed by atoms with Crippen molar-refractivity contribution in [2.75, 3.05) is 0 Å². The maximum Gasteiger partial charge on any atom is 0.257 e. The first kappa shape index (κ1) is 15.5. The highest BCUT2D eigenvalue weighted by Crippen LogP contribution is 2.55. The molecule has 0 heterocycles. The summed E-state index contributed by atoms with van der Waals surface area (Å²) < 4.78 is 28.2. The second-order valence-corrected chi connectivity index (χ2v) is 8.35. The smallest absolute Gasteiger partial charge is 0.257 e. The SMILES string of the molecule is O=C(N[C@H]1C2CC3CC1C[C@](O)(C3)C2)c1c(F)cc(Br)cc1F. The van der Waals surface area contributed by atoms with Gasteiger partial charge < -0.3 is 10.4 Å². The average Bonchev–Trinajstić information content (AvgIpc) is 2.39. The number of benzene rings is 1. The highest BCUT2D eigenvalue weighted by Gasteiger charge is 2.55. The van der Waals surface area contributed by atoms with Crippen LogP contribution in [0.5, 0.6) is 0 Å². The van der Waals surface area contributed by atoms with Crippen LogP contribution in [0.1, 0.15) is 42.5 Å². The van der Waals surface area contributed by atoms with Gasteiger partial charge in [-0.2, -0.15) is 0 Å². The minimum absolute atomic E-state index is 0.0956. The summed E-state index contributed by atoms with van der Waals surface area (Å²) in [6.45, 7) is 0. The van der Waals surface area contributed by atoms with Crippen molar-refractivity contribution >= 4 is 21.8 Å². The number of hydrogen-bond acceptors (Lipinski definition) is 2. The fourth-order valence-corrected chi connectivity index (χ4v) is 5.60. The number of aliphatic hydroxyl groups is 1. The lowest BCUT2D eigenvalue weighted by atomic mass is 9.52. The summed E-state index contributed by atoms with van der Waals surface area (Å²) in [5, 5.41) is 13.4. The molecule has 4 aliphatic carbocycles. The van der Waals surface area contributed by atoms with Crippen LogP contribution in [0.3, 0.4) is 0 Å². The van der Waals surface area contributed by atoms with E-state index in [2.05, 4.69) is 21.2 Å². The molecule has 2 N–H and O–H groups in total. The summed E-state index contributed by atoms with van der Waals surface area (Å²) in [5.41, 5.74) is -1.12. The van der Waals surface area contributed by atoms with E-state index in [4.69, 9.17) is 0 Å².